The summed E-state index contributed by atoms with van der Waals surface area (Å²) in [6.45, 7) is 7.93. The molecule has 0 aromatic heterocycles. The van der Waals surface area contributed by atoms with Crippen molar-refractivity contribution in [2.24, 2.45) is 5.73 Å². The number of aryl methyl sites for hydroxylation is 1. The third-order valence-electron chi connectivity index (χ3n) is 3.72. The molecule has 18 heavy (non-hydrogen) atoms. The maximum Gasteiger partial charge on any atom is 0.240 e. The van der Waals surface area contributed by atoms with Gasteiger partial charge in [0.05, 0.1) is 11.6 Å². The highest BCUT2D eigenvalue weighted by atomic mass is 16.2. The Balaban J connectivity index is 2.80. The molecule has 0 saturated heterocycles. The predicted molar refractivity (Wildman–Crippen MR) is 75.2 cm³/mol. The van der Waals surface area contributed by atoms with Crippen molar-refractivity contribution in [2.75, 3.05) is 0 Å². The van der Waals surface area contributed by atoms with Crippen molar-refractivity contribution in [1.29, 1.82) is 0 Å². The quantitative estimate of drug-likeness (QED) is 0.841. The van der Waals surface area contributed by atoms with Crippen molar-refractivity contribution in [2.45, 2.75) is 52.1 Å². The Morgan fingerprint density at radius 3 is 2.39 bits per heavy atom. The predicted octanol–water partition coefficient (Wildman–Crippen LogP) is 2.69. The minimum atomic E-state index is -0.753. The lowest BCUT2D eigenvalue weighted by Gasteiger charge is -2.28. The fraction of sp³-hybridized carbons (Fsp3) is 0.533. The van der Waals surface area contributed by atoms with Gasteiger partial charge in [0.15, 0.2) is 0 Å². The zero-order valence-electron chi connectivity index (χ0n) is 11.8. The fourth-order valence-electron chi connectivity index (χ4n) is 2.06. The van der Waals surface area contributed by atoms with E-state index >= 15 is 0 Å². The molecule has 3 heteroatoms. The molecule has 1 rings (SSSR count). The number of carbonyl (C=O) groups is 1. The molecule has 0 fully saturated rings. The number of carbonyl (C=O) groups excluding carboxylic acids is 1. The fourth-order valence-corrected chi connectivity index (χ4v) is 2.06. The summed E-state index contributed by atoms with van der Waals surface area (Å²) >= 11 is 0. The second-order valence-corrected chi connectivity index (χ2v) is 4.91. The summed E-state index contributed by atoms with van der Waals surface area (Å²) in [5.41, 5.74) is 7.66. The van der Waals surface area contributed by atoms with Gasteiger partial charge in [-0.2, -0.15) is 0 Å². The SMILES string of the molecule is CCC(N)(CC)C(=O)N[C@@H](C)c1ccccc1C. The lowest BCUT2D eigenvalue weighted by Crippen LogP contribution is -2.53. The van der Waals surface area contributed by atoms with Crippen molar-refractivity contribution < 1.29 is 4.79 Å². The van der Waals surface area contributed by atoms with Crippen molar-refractivity contribution in [1.82, 2.24) is 5.32 Å². The summed E-state index contributed by atoms with van der Waals surface area (Å²) in [5, 5.41) is 3.02. The molecule has 1 atom stereocenters. The molecule has 1 aromatic carbocycles. The van der Waals surface area contributed by atoms with Gasteiger partial charge in [0.1, 0.15) is 0 Å². The van der Waals surface area contributed by atoms with E-state index in [1.807, 2.05) is 52.0 Å². The zero-order chi connectivity index (χ0) is 13.8. The monoisotopic (exact) mass is 248 g/mol. The normalized spacial score (nSPS) is 13.2. The number of rotatable bonds is 5. The van der Waals surface area contributed by atoms with Gasteiger partial charge in [0.2, 0.25) is 5.91 Å². The van der Waals surface area contributed by atoms with Gasteiger partial charge in [-0.3, -0.25) is 4.79 Å². The van der Waals surface area contributed by atoms with Crippen LogP contribution < -0.4 is 11.1 Å². The molecule has 0 spiro atoms. The number of nitrogens with two attached hydrogens (primary N) is 1. The summed E-state index contributed by atoms with van der Waals surface area (Å²) in [6.07, 6.45) is 1.30. The third-order valence-corrected chi connectivity index (χ3v) is 3.72. The van der Waals surface area contributed by atoms with E-state index in [1.165, 1.54) is 5.56 Å². The van der Waals surface area contributed by atoms with Gasteiger partial charge in [-0.25, -0.2) is 0 Å². The van der Waals surface area contributed by atoms with Crippen LogP contribution in [0.3, 0.4) is 0 Å². The maximum absolute atomic E-state index is 12.2. The third kappa shape index (κ3) is 3.10. The summed E-state index contributed by atoms with van der Waals surface area (Å²) in [6, 6.07) is 8.06. The molecule has 0 aliphatic carbocycles. The summed E-state index contributed by atoms with van der Waals surface area (Å²) in [7, 11) is 0. The molecular formula is C15H24N2O. The van der Waals surface area contributed by atoms with E-state index in [9.17, 15) is 4.79 Å². The second-order valence-electron chi connectivity index (χ2n) is 4.91. The smallest absolute Gasteiger partial charge is 0.240 e. The second kappa shape index (κ2) is 6.01. The van der Waals surface area contributed by atoms with E-state index in [-0.39, 0.29) is 11.9 Å². The van der Waals surface area contributed by atoms with Gasteiger partial charge in [0, 0.05) is 0 Å². The van der Waals surface area contributed by atoms with Crippen molar-refractivity contribution in [3.8, 4) is 0 Å². The Morgan fingerprint density at radius 2 is 1.89 bits per heavy atom. The molecule has 0 bridgehead atoms. The minimum Gasteiger partial charge on any atom is -0.348 e. The van der Waals surface area contributed by atoms with Crippen molar-refractivity contribution >= 4 is 5.91 Å². The average Bonchev–Trinajstić information content (AvgIpc) is 2.38. The molecule has 0 aliphatic rings. The molecule has 1 aromatic rings. The molecule has 0 unspecified atom stereocenters. The first-order valence-corrected chi connectivity index (χ1v) is 6.60. The van der Waals surface area contributed by atoms with Crippen molar-refractivity contribution in [3.05, 3.63) is 35.4 Å². The lowest BCUT2D eigenvalue weighted by molar-refractivity contribution is -0.127. The topological polar surface area (TPSA) is 55.1 Å². The first-order valence-electron chi connectivity index (χ1n) is 6.60. The van der Waals surface area contributed by atoms with E-state index in [2.05, 4.69) is 5.32 Å². The highest BCUT2D eigenvalue weighted by molar-refractivity contribution is 5.86. The van der Waals surface area contributed by atoms with Crippen LogP contribution in [0.15, 0.2) is 24.3 Å². The number of benzene rings is 1. The van der Waals surface area contributed by atoms with E-state index in [0.29, 0.717) is 12.8 Å². The van der Waals surface area contributed by atoms with E-state index < -0.39 is 5.54 Å². The van der Waals surface area contributed by atoms with Gasteiger partial charge >= 0.3 is 0 Å². The minimum absolute atomic E-state index is 0.0141. The molecule has 3 N–H and O–H groups in total. The van der Waals surface area contributed by atoms with Crippen LogP contribution in [0.25, 0.3) is 0 Å². The number of nitrogens with one attached hydrogen (secondary N) is 1. The largest absolute Gasteiger partial charge is 0.348 e. The van der Waals surface area contributed by atoms with Gasteiger partial charge in [-0.1, -0.05) is 38.1 Å². The van der Waals surface area contributed by atoms with Gasteiger partial charge in [-0.05, 0) is 37.8 Å². The maximum atomic E-state index is 12.2. The summed E-state index contributed by atoms with van der Waals surface area (Å²) < 4.78 is 0. The molecule has 0 saturated carbocycles. The number of hydrogen-bond acceptors (Lipinski definition) is 2. The van der Waals surface area contributed by atoms with Crippen LogP contribution in [0, 0.1) is 6.92 Å². The Hall–Kier alpha value is -1.35. The summed E-state index contributed by atoms with van der Waals surface area (Å²) in [4.78, 5) is 12.2. The molecule has 0 heterocycles. The summed E-state index contributed by atoms with van der Waals surface area (Å²) in [5.74, 6) is -0.0664. The Kier molecular flexibility index (Phi) is 4.91. The van der Waals surface area contributed by atoms with E-state index in [4.69, 9.17) is 5.73 Å². The van der Waals surface area contributed by atoms with Crippen LogP contribution in [-0.4, -0.2) is 11.4 Å². The Morgan fingerprint density at radius 1 is 1.33 bits per heavy atom. The highest BCUT2D eigenvalue weighted by Gasteiger charge is 2.30. The Bertz CT molecular complexity index is 411. The average molecular weight is 248 g/mol. The highest BCUT2D eigenvalue weighted by Crippen LogP contribution is 2.19. The molecule has 0 radical (unpaired) electrons. The van der Waals surface area contributed by atoms with E-state index in [0.717, 1.165) is 5.56 Å². The van der Waals surface area contributed by atoms with Crippen molar-refractivity contribution in [3.63, 3.8) is 0 Å². The first-order chi connectivity index (χ1) is 8.44. The molecular weight excluding hydrogens is 224 g/mol. The number of hydrogen-bond donors (Lipinski definition) is 2. The van der Waals surface area contributed by atoms with Gasteiger partial charge < -0.3 is 11.1 Å². The standard InChI is InChI=1S/C15H24N2O/c1-5-15(16,6-2)14(18)17-12(4)13-10-8-7-9-11(13)3/h7-10,12H,5-6,16H2,1-4H3,(H,17,18)/t12-/m0/s1. The molecule has 3 nitrogen and oxygen atoms in total. The van der Waals surface area contributed by atoms with Crippen LogP contribution in [0.1, 0.15) is 50.8 Å². The van der Waals surface area contributed by atoms with Gasteiger partial charge in [-0.15, -0.1) is 0 Å². The van der Waals surface area contributed by atoms with Gasteiger partial charge in [0.25, 0.3) is 0 Å². The zero-order valence-corrected chi connectivity index (χ0v) is 11.8. The van der Waals surface area contributed by atoms with Crippen LogP contribution >= 0.6 is 0 Å². The van der Waals surface area contributed by atoms with Crippen LogP contribution in [0.4, 0.5) is 0 Å². The van der Waals surface area contributed by atoms with Crippen LogP contribution in [-0.2, 0) is 4.79 Å². The molecule has 100 valence electrons. The molecule has 1 amide bonds. The lowest BCUT2D eigenvalue weighted by atomic mass is 9.92. The molecule has 0 aliphatic heterocycles. The first kappa shape index (κ1) is 14.7. The number of amides is 1. The van der Waals surface area contributed by atoms with E-state index in [1.54, 1.807) is 0 Å². The Labute approximate surface area is 110 Å². The van der Waals surface area contributed by atoms with Crippen LogP contribution in [0.5, 0.6) is 0 Å². The van der Waals surface area contributed by atoms with Crippen LogP contribution in [0.2, 0.25) is 0 Å².